The van der Waals surface area contributed by atoms with Gasteiger partial charge in [-0.05, 0) is 31.2 Å². The van der Waals surface area contributed by atoms with Crippen LogP contribution in [0.15, 0.2) is 18.2 Å². The molecule has 1 aliphatic rings. The summed E-state index contributed by atoms with van der Waals surface area (Å²) in [5.41, 5.74) is 1.85. The van der Waals surface area contributed by atoms with Gasteiger partial charge in [-0.1, -0.05) is 24.6 Å². The number of nitrogens with one attached hydrogen (secondary N) is 1. The number of aromatic hydroxyl groups is 1. The van der Waals surface area contributed by atoms with Crippen LogP contribution in [0.1, 0.15) is 30.4 Å². The SMILES string of the molecule is Cc1cccc(CNC2CCCC2CO)c1O. The van der Waals surface area contributed by atoms with Crippen LogP contribution in [0.4, 0.5) is 0 Å². The van der Waals surface area contributed by atoms with Crippen molar-refractivity contribution >= 4 is 0 Å². The highest BCUT2D eigenvalue weighted by Gasteiger charge is 2.26. The minimum absolute atomic E-state index is 0.261. The Bertz CT molecular complexity index is 378. The number of phenolic OH excluding ortho intramolecular Hbond substituents is 1. The van der Waals surface area contributed by atoms with Gasteiger partial charge in [0.2, 0.25) is 0 Å². The molecule has 2 unspecified atom stereocenters. The lowest BCUT2D eigenvalue weighted by Gasteiger charge is -2.19. The molecule has 3 nitrogen and oxygen atoms in total. The molecular weight excluding hydrogens is 214 g/mol. The Labute approximate surface area is 102 Å². The number of phenols is 1. The fourth-order valence-corrected chi connectivity index (χ4v) is 2.63. The zero-order valence-electron chi connectivity index (χ0n) is 10.3. The van der Waals surface area contributed by atoms with Crippen molar-refractivity contribution in [2.45, 2.75) is 38.8 Å². The summed E-state index contributed by atoms with van der Waals surface area (Å²) in [4.78, 5) is 0. The van der Waals surface area contributed by atoms with Gasteiger partial charge in [0.15, 0.2) is 0 Å². The molecule has 1 fully saturated rings. The van der Waals surface area contributed by atoms with Crippen LogP contribution in [-0.4, -0.2) is 22.9 Å². The lowest BCUT2D eigenvalue weighted by atomic mass is 10.0. The number of para-hydroxylation sites is 1. The Morgan fingerprint density at radius 3 is 2.94 bits per heavy atom. The van der Waals surface area contributed by atoms with E-state index < -0.39 is 0 Å². The molecule has 0 heterocycles. The summed E-state index contributed by atoms with van der Waals surface area (Å²) < 4.78 is 0. The third-order valence-corrected chi connectivity index (χ3v) is 3.77. The maximum Gasteiger partial charge on any atom is 0.122 e. The summed E-state index contributed by atoms with van der Waals surface area (Å²) in [6.45, 7) is 2.84. The van der Waals surface area contributed by atoms with Gasteiger partial charge in [-0.15, -0.1) is 0 Å². The highest BCUT2D eigenvalue weighted by Crippen LogP contribution is 2.26. The second-order valence-electron chi connectivity index (χ2n) is 4.94. The second kappa shape index (κ2) is 5.52. The van der Waals surface area contributed by atoms with E-state index in [0.29, 0.717) is 24.3 Å². The maximum atomic E-state index is 9.91. The molecule has 1 saturated carbocycles. The van der Waals surface area contributed by atoms with Crippen LogP contribution in [0.5, 0.6) is 5.75 Å². The quantitative estimate of drug-likeness (QED) is 0.747. The van der Waals surface area contributed by atoms with Crippen LogP contribution in [-0.2, 0) is 6.54 Å². The molecular formula is C14H21NO2. The van der Waals surface area contributed by atoms with Crippen molar-refractivity contribution in [2.24, 2.45) is 5.92 Å². The summed E-state index contributed by atoms with van der Waals surface area (Å²) in [6, 6.07) is 6.20. The predicted octanol–water partition coefficient (Wildman–Crippen LogP) is 1.95. The summed E-state index contributed by atoms with van der Waals surface area (Å²) in [6.07, 6.45) is 3.41. The Kier molecular flexibility index (Phi) is 4.02. The van der Waals surface area contributed by atoms with E-state index in [9.17, 15) is 10.2 Å². The lowest BCUT2D eigenvalue weighted by Crippen LogP contribution is -2.33. The van der Waals surface area contributed by atoms with E-state index >= 15 is 0 Å². The third-order valence-electron chi connectivity index (χ3n) is 3.77. The average molecular weight is 235 g/mol. The zero-order valence-corrected chi connectivity index (χ0v) is 10.3. The van der Waals surface area contributed by atoms with Gasteiger partial charge in [0.05, 0.1) is 0 Å². The lowest BCUT2D eigenvalue weighted by molar-refractivity contribution is 0.205. The second-order valence-corrected chi connectivity index (χ2v) is 4.94. The molecule has 94 valence electrons. The van der Waals surface area contributed by atoms with Crippen LogP contribution < -0.4 is 5.32 Å². The molecule has 1 aromatic carbocycles. The van der Waals surface area contributed by atoms with E-state index in [4.69, 9.17) is 0 Å². The van der Waals surface area contributed by atoms with Gasteiger partial charge < -0.3 is 15.5 Å². The highest BCUT2D eigenvalue weighted by molar-refractivity contribution is 5.39. The first-order valence-electron chi connectivity index (χ1n) is 6.34. The van der Waals surface area contributed by atoms with Crippen LogP contribution in [0.3, 0.4) is 0 Å². The van der Waals surface area contributed by atoms with Crippen LogP contribution in [0, 0.1) is 12.8 Å². The number of aliphatic hydroxyl groups excluding tert-OH is 1. The molecule has 0 spiro atoms. The number of hydrogen-bond donors (Lipinski definition) is 3. The Hall–Kier alpha value is -1.06. The molecule has 1 aliphatic carbocycles. The topological polar surface area (TPSA) is 52.5 Å². The largest absolute Gasteiger partial charge is 0.507 e. The summed E-state index contributed by atoms with van der Waals surface area (Å²) in [5, 5.41) is 22.6. The van der Waals surface area contributed by atoms with Crippen LogP contribution in [0.25, 0.3) is 0 Å². The number of aryl methyl sites for hydroxylation is 1. The number of hydrogen-bond acceptors (Lipinski definition) is 3. The molecule has 0 amide bonds. The van der Waals surface area contributed by atoms with Gasteiger partial charge in [-0.3, -0.25) is 0 Å². The van der Waals surface area contributed by atoms with E-state index in [0.717, 1.165) is 24.0 Å². The van der Waals surface area contributed by atoms with Crippen molar-refractivity contribution in [1.82, 2.24) is 5.32 Å². The number of rotatable bonds is 4. The predicted molar refractivity (Wildman–Crippen MR) is 67.9 cm³/mol. The van der Waals surface area contributed by atoms with Crippen molar-refractivity contribution in [3.05, 3.63) is 29.3 Å². The van der Waals surface area contributed by atoms with E-state index in [-0.39, 0.29) is 6.61 Å². The highest BCUT2D eigenvalue weighted by atomic mass is 16.3. The smallest absolute Gasteiger partial charge is 0.122 e. The van der Waals surface area contributed by atoms with Crippen LogP contribution >= 0.6 is 0 Å². The van der Waals surface area contributed by atoms with Gasteiger partial charge in [0.1, 0.15) is 5.75 Å². The first-order chi connectivity index (χ1) is 8.22. The monoisotopic (exact) mass is 235 g/mol. The fraction of sp³-hybridized carbons (Fsp3) is 0.571. The Balaban J connectivity index is 1.95. The van der Waals surface area contributed by atoms with Gasteiger partial charge in [-0.25, -0.2) is 0 Å². The van der Waals surface area contributed by atoms with E-state index in [1.165, 1.54) is 6.42 Å². The molecule has 2 atom stereocenters. The van der Waals surface area contributed by atoms with Crippen molar-refractivity contribution in [3.8, 4) is 5.75 Å². The van der Waals surface area contributed by atoms with Gasteiger partial charge in [-0.2, -0.15) is 0 Å². The third kappa shape index (κ3) is 2.79. The molecule has 2 rings (SSSR count). The molecule has 3 heteroatoms. The van der Waals surface area contributed by atoms with Gasteiger partial charge >= 0.3 is 0 Å². The molecule has 0 saturated heterocycles. The standard InChI is InChI=1S/C14H21NO2/c1-10-4-2-5-11(14(10)17)8-15-13-7-3-6-12(13)9-16/h2,4-5,12-13,15-17H,3,6-9H2,1H3. The Morgan fingerprint density at radius 1 is 1.35 bits per heavy atom. The maximum absolute atomic E-state index is 9.91. The van der Waals surface area contributed by atoms with Crippen molar-refractivity contribution in [1.29, 1.82) is 0 Å². The first kappa shape index (κ1) is 12.4. The van der Waals surface area contributed by atoms with E-state index in [2.05, 4.69) is 5.32 Å². The first-order valence-corrected chi connectivity index (χ1v) is 6.34. The molecule has 3 N–H and O–H groups in total. The molecule has 0 aromatic heterocycles. The molecule has 1 aromatic rings. The molecule has 0 aliphatic heterocycles. The molecule has 0 bridgehead atoms. The minimum atomic E-state index is 0.261. The normalized spacial score (nSPS) is 24.1. The van der Waals surface area contributed by atoms with Crippen molar-refractivity contribution in [2.75, 3.05) is 6.61 Å². The van der Waals surface area contributed by atoms with Crippen molar-refractivity contribution in [3.63, 3.8) is 0 Å². The summed E-state index contributed by atoms with van der Waals surface area (Å²) >= 11 is 0. The Morgan fingerprint density at radius 2 is 2.18 bits per heavy atom. The van der Waals surface area contributed by atoms with E-state index in [1.54, 1.807) is 0 Å². The summed E-state index contributed by atoms with van der Waals surface area (Å²) in [5.74, 6) is 0.764. The summed E-state index contributed by atoms with van der Waals surface area (Å²) in [7, 11) is 0. The number of benzene rings is 1. The van der Waals surface area contributed by atoms with E-state index in [1.807, 2.05) is 25.1 Å². The molecule has 0 radical (unpaired) electrons. The van der Waals surface area contributed by atoms with Gasteiger partial charge in [0.25, 0.3) is 0 Å². The zero-order chi connectivity index (χ0) is 12.3. The van der Waals surface area contributed by atoms with Crippen LogP contribution in [0.2, 0.25) is 0 Å². The van der Waals surface area contributed by atoms with Gasteiger partial charge in [0, 0.05) is 24.8 Å². The fourth-order valence-electron chi connectivity index (χ4n) is 2.63. The molecule has 17 heavy (non-hydrogen) atoms. The average Bonchev–Trinajstić information content (AvgIpc) is 2.78. The minimum Gasteiger partial charge on any atom is -0.507 e. The number of aliphatic hydroxyl groups is 1. The van der Waals surface area contributed by atoms with Crippen molar-refractivity contribution < 1.29 is 10.2 Å².